The maximum Gasteiger partial charge on any atom is 0.329 e. The van der Waals surface area contributed by atoms with E-state index >= 15 is 0 Å². The zero-order valence-corrected chi connectivity index (χ0v) is 17.7. The second kappa shape index (κ2) is 13.0. The van der Waals surface area contributed by atoms with Gasteiger partial charge in [-0.15, -0.1) is 0 Å². The number of hydrogen-bond donors (Lipinski definition) is 4. The van der Waals surface area contributed by atoms with Crippen LogP contribution in [0.1, 0.15) is 31.7 Å². The molecule has 1 aromatic heterocycles. The van der Waals surface area contributed by atoms with Gasteiger partial charge in [0.25, 0.3) is 5.56 Å². The molecule has 1 unspecified atom stereocenters. The summed E-state index contributed by atoms with van der Waals surface area (Å²) in [6, 6.07) is 11.5. The second-order valence-electron chi connectivity index (χ2n) is 7.38. The van der Waals surface area contributed by atoms with Crippen LogP contribution in [0.2, 0.25) is 0 Å². The Balaban J connectivity index is 1.96. The molecule has 0 radical (unpaired) electrons. The lowest BCUT2D eigenvalue weighted by Crippen LogP contribution is -2.42. The number of aliphatic hydroxyl groups is 2. The summed E-state index contributed by atoms with van der Waals surface area (Å²) in [6.45, 7) is 4.19. The first kappa shape index (κ1) is 23.9. The molecule has 0 fully saturated rings. The molecule has 0 aliphatic heterocycles. The highest BCUT2D eigenvalue weighted by molar-refractivity contribution is 5.31. The van der Waals surface area contributed by atoms with Crippen molar-refractivity contribution in [3.05, 3.63) is 62.8 Å². The van der Waals surface area contributed by atoms with Crippen molar-refractivity contribution in [1.29, 1.82) is 0 Å². The highest BCUT2D eigenvalue weighted by Gasteiger charge is 2.17. The van der Waals surface area contributed by atoms with Crippen LogP contribution < -0.4 is 16.6 Å². The molecular formula is C22H34N4O4. The Morgan fingerprint density at radius 3 is 2.57 bits per heavy atom. The average molecular weight is 419 g/mol. The SMILES string of the molecule is CCCn1c(=O)cc(NCCN(CCCO)C(CO)CCc2ccccc2)[nH]c1=O. The molecule has 1 heterocycles. The van der Waals surface area contributed by atoms with Gasteiger partial charge >= 0.3 is 5.69 Å². The van der Waals surface area contributed by atoms with Crippen molar-refractivity contribution in [2.24, 2.45) is 0 Å². The van der Waals surface area contributed by atoms with Crippen LogP contribution >= 0.6 is 0 Å². The number of nitrogens with one attached hydrogen (secondary N) is 2. The number of aryl methyl sites for hydroxylation is 1. The third-order valence-corrected chi connectivity index (χ3v) is 5.12. The quantitative estimate of drug-likeness (QED) is 0.365. The van der Waals surface area contributed by atoms with E-state index in [-0.39, 0.29) is 24.8 Å². The van der Waals surface area contributed by atoms with Crippen molar-refractivity contribution in [2.45, 2.75) is 45.2 Å². The molecule has 30 heavy (non-hydrogen) atoms. The van der Waals surface area contributed by atoms with Crippen LogP contribution in [0.3, 0.4) is 0 Å². The number of aliphatic hydroxyl groups excluding tert-OH is 2. The molecule has 0 spiro atoms. The molecule has 0 bridgehead atoms. The van der Waals surface area contributed by atoms with E-state index in [9.17, 15) is 19.8 Å². The summed E-state index contributed by atoms with van der Waals surface area (Å²) in [4.78, 5) is 29.0. The lowest BCUT2D eigenvalue weighted by Gasteiger charge is -2.30. The van der Waals surface area contributed by atoms with Crippen LogP contribution in [-0.4, -0.2) is 63.6 Å². The number of anilines is 1. The fourth-order valence-electron chi connectivity index (χ4n) is 3.50. The molecule has 8 nitrogen and oxygen atoms in total. The molecule has 4 N–H and O–H groups in total. The van der Waals surface area contributed by atoms with Gasteiger partial charge in [0.2, 0.25) is 0 Å². The summed E-state index contributed by atoms with van der Waals surface area (Å²) < 4.78 is 1.18. The van der Waals surface area contributed by atoms with Gasteiger partial charge in [-0.1, -0.05) is 37.3 Å². The van der Waals surface area contributed by atoms with Crippen molar-refractivity contribution in [3.63, 3.8) is 0 Å². The van der Waals surface area contributed by atoms with Gasteiger partial charge in [-0.05, 0) is 31.2 Å². The van der Waals surface area contributed by atoms with Gasteiger partial charge in [0.1, 0.15) is 5.82 Å². The molecule has 0 saturated heterocycles. The van der Waals surface area contributed by atoms with E-state index in [0.29, 0.717) is 44.8 Å². The normalized spacial score (nSPS) is 12.3. The molecule has 1 atom stereocenters. The van der Waals surface area contributed by atoms with Crippen molar-refractivity contribution in [3.8, 4) is 0 Å². The number of H-pyrrole nitrogens is 1. The Hall–Kier alpha value is -2.42. The molecule has 0 aliphatic carbocycles. The number of hydrogen-bond acceptors (Lipinski definition) is 6. The van der Waals surface area contributed by atoms with Crippen LogP contribution in [0.25, 0.3) is 0 Å². The monoisotopic (exact) mass is 418 g/mol. The van der Waals surface area contributed by atoms with Crippen molar-refractivity contribution in [1.82, 2.24) is 14.5 Å². The zero-order chi connectivity index (χ0) is 21.8. The summed E-state index contributed by atoms with van der Waals surface area (Å²) in [6.07, 6.45) is 2.99. The van der Waals surface area contributed by atoms with Gasteiger partial charge in [0, 0.05) is 44.9 Å². The highest BCUT2D eigenvalue weighted by Crippen LogP contribution is 2.11. The molecule has 8 heteroatoms. The lowest BCUT2D eigenvalue weighted by atomic mass is 10.0. The highest BCUT2D eigenvalue weighted by atomic mass is 16.3. The Morgan fingerprint density at radius 2 is 1.93 bits per heavy atom. The van der Waals surface area contributed by atoms with E-state index in [1.54, 1.807) is 0 Å². The molecule has 0 amide bonds. The summed E-state index contributed by atoms with van der Waals surface area (Å²) in [5, 5.41) is 22.3. The van der Waals surface area contributed by atoms with Gasteiger partial charge < -0.3 is 15.5 Å². The maximum atomic E-state index is 12.1. The molecule has 0 aliphatic rings. The number of nitrogens with zero attached hydrogens (tertiary/aromatic N) is 2. The molecule has 0 saturated carbocycles. The lowest BCUT2D eigenvalue weighted by molar-refractivity contribution is 0.112. The van der Waals surface area contributed by atoms with Gasteiger partial charge in [0.05, 0.1) is 6.61 Å². The van der Waals surface area contributed by atoms with E-state index in [1.165, 1.54) is 16.2 Å². The molecule has 2 aromatic rings. The van der Waals surface area contributed by atoms with E-state index in [2.05, 4.69) is 27.3 Å². The Bertz CT molecular complexity index is 819. The molecule has 1 aromatic carbocycles. The minimum absolute atomic E-state index is 0.0299. The molecular weight excluding hydrogens is 384 g/mol. The fraction of sp³-hybridized carbons (Fsp3) is 0.545. The molecule has 2 rings (SSSR count). The first-order chi connectivity index (χ1) is 14.6. The Morgan fingerprint density at radius 1 is 1.17 bits per heavy atom. The number of aromatic nitrogens is 2. The summed E-state index contributed by atoms with van der Waals surface area (Å²) in [5.74, 6) is 0.393. The predicted octanol–water partition coefficient (Wildman–Crippen LogP) is 1.04. The van der Waals surface area contributed by atoms with E-state index in [1.807, 2.05) is 25.1 Å². The van der Waals surface area contributed by atoms with Crippen molar-refractivity contribution >= 4 is 5.82 Å². The van der Waals surface area contributed by atoms with Crippen LogP contribution in [0, 0.1) is 0 Å². The van der Waals surface area contributed by atoms with E-state index < -0.39 is 5.69 Å². The first-order valence-electron chi connectivity index (χ1n) is 10.7. The first-order valence-corrected chi connectivity index (χ1v) is 10.7. The van der Waals surface area contributed by atoms with Gasteiger partial charge in [-0.25, -0.2) is 4.79 Å². The zero-order valence-electron chi connectivity index (χ0n) is 17.7. The van der Waals surface area contributed by atoms with Crippen LogP contribution in [0.15, 0.2) is 46.0 Å². The predicted molar refractivity (Wildman–Crippen MR) is 119 cm³/mol. The summed E-state index contributed by atoms with van der Waals surface area (Å²) in [5.41, 5.74) is 0.484. The fourth-order valence-corrected chi connectivity index (χ4v) is 3.50. The smallest absolute Gasteiger partial charge is 0.329 e. The van der Waals surface area contributed by atoms with Crippen LogP contribution in [-0.2, 0) is 13.0 Å². The number of aromatic amines is 1. The van der Waals surface area contributed by atoms with Crippen molar-refractivity contribution < 1.29 is 10.2 Å². The van der Waals surface area contributed by atoms with Gasteiger partial charge in [0.15, 0.2) is 0 Å². The second-order valence-corrected chi connectivity index (χ2v) is 7.38. The largest absolute Gasteiger partial charge is 0.396 e. The standard InChI is InChI=1S/C22H34N4O4/c1-2-12-26-21(29)16-20(24-22(26)30)23-11-14-25(13-6-15-27)19(17-28)10-9-18-7-4-3-5-8-18/h3-5,7-8,16,19,23,27-28H,2,6,9-15,17H2,1H3,(H,24,30). The third-order valence-electron chi connectivity index (χ3n) is 5.12. The number of rotatable bonds is 14. The van der Waals surface area contributed by atoms with Gasteiger partial charge in [-0.3, -0.25) is 19.2 Å². The Labute approximate surface area is 177 Å². The van der Waals surface area contributed by atoms with Crippen LogP contribution in [0.5, 0.6) is 0 Å². The maximum absolute atomic E-state index is 12.1. The van der Waals surface area contributed by atoms with E-state index in [0.717, 1.165) is 12.8 Å². The summed E-state index contributed by atoms with van der Waals surface area (Å²) in [7, 11) is 0. The molecule has 166 valence electrons. The third kappa shape index (κ3) is 7.44. The minimum Gasteiger partial charge on any atom is -0.396 e. The average Bonchev–Trinajstić information content (AvgIpc) is 2.75. The van der Waals surface area contributed by atoms with Crippen molar-refractivity contribution in [2.75, 3.05) is 38.2 Å². The van der Waals surface area contributed by atoms with Gasteiger partial charge in [-0.2, -0.15) is 0 Å². The topological polar surface area (TPSA) is 111 Å². The minimum atomic E-state index is -0.417. The van der Waals surface area contributed by atoms with E-state index in [4.69, 9.17) is 0 Å². The Kier molecular flexibility index (Phi) is 10.3. The summed E-state index contributed by atoms with van der Waals surface area (Å²) >= 11 is 0. The van der Waals surface area contributed by atoms with Crippen LogP contribution in [0.4, 0.5) is 5.82 Å². The number of benzene rings is 1.